The van der Waals surface area contributed by atoms with E-state index in [2.05, 4.69) is 4.98 Å². The van der Waals surface area contributed by atoms with E-state index in [1.54, 1.807) is 6.92 Å². The van der Waals surface area contributed by atoms with Gasteiger partial charge in [0.05, 0.1) is 21.3 Å². The first-order valence-electron chi connectivity index (χ1n) is 5.03. The summed E-state index contributed by atoms with van der Waals surface area (Å²) in [6.45, 7) is 3.60. The first kappa shape index (κ1) is 11.7. The van der Waals surface area contributed by atoms with Gasteiger partial charge in [-0.1, -0.05) is 0 Å². The van der Waals surface area contributed by atoms with Crippen molar-refractivity contribution in [3.63, 3.8) is 0 Å². The summed E-state index contributed by atoms with van der Waals surface area (Å²) in [6.07, 6.45) is 0. The number of thiazole rings is 1. The number of ketones is 1. The van der Waals surface area contributed by atoms with Crippen molar-refractivity contribution in [3.8, 4) is 0 Å². The minimum absolute atomic E-state index is 0.0405. The molecule has 0 amide bonds. The Labute approximate surface area is 102 Å². The summed E-state index contributed by atoms with van der Waals surface area (Å²) in [5.41, 5.74) is 6.38. The summed E-state index contributed by atoms with van der Waals surface area (Å²) in [4.78, 5) is 16.8. The van der Waals surface area contributed by atoms with Crippen LogP contribution in [-0.2, 0) is 0 Å². The maximum atomic E-state index is 13.3. The molecule has 0 bridgehead atoms. The largest absolute Gasteiger partial charge is 0.396 e. The predicted molar refractivity (Wildman–Crippen MR) is 65.8 cm³/mol. The highest BCUT2D eigenvalue weighted by atomic mass is 32.1. The highest BCUT2D eigenvalue weighted by Gasteiger charge is 2.16. The third-order valence-electron chi connectivity index (χ3n) is 2.37. The van der Waals surface area contributed by atoms with Crippen LogP contribution in [0.3, 0.4) is 0 Å². The molecule has 0 radical (unpaired) electrons. The second-order valence-corrected chi connectivity index (χ2v) is 4.92. The van der Waals surface area contributed by atoms with Crippen LogP contribution in [0.2, 0.25) is 0 Å². The van der Waals surface area contributed by atoms with Crippen LogP contribution in [0.25, 0.3) is 0 Å². The molecular weight excluding hydrogens is 239 g/mol. The molecule has 1 aromatic heterocycles. The third-order valence-corrected chi connectivity index (χ3v) is 3.44. The van der Waals surface area contributed by atoms with Crippen molar-refractivity contribution in [1.82, 2.24) is 4.98 Å². The molecule has 1 heterocycles. The zero-order valence-corrected chi connectivity index (χ0v) is 10.3. The number of carbonyl (C=O) groups excluding carboxylic acids is 1. The van der Waals surface area contributed by atoms with Gasteiger partial charge < -0.3 is 5.73 Å². The van der Waals surface area contributed by atoms with Crippen LogP contribution in [-0.4, -0.2) is 10.8 Å². The smallest absolute Gasteiger partial charge is 0.204 e. The maximum Gasteiger partial charge on any atom is 0.204 e. The first-order chi connectivity index (χ1) is 7.99. The van der Waals surface area contributed by atoms with E-state index >= 15 is 0 Å². The second-order valence-electron chi connectivity index (χ2n) is 3.71. The molecule has 0 aliphatic carbocycles. The summed E-state index contributed by atoms with van der Waals surface area (Å²) in [5, 5.41) is 0.821. The van der Waals surface area contributed by atoms with E-state index in [9.17, 15) is 9.18 Å². The number of benzene rings is 1. The third kappa shape index (κ3) is 2.19. The number of nitrogen functional groups attached to an aromatic ring is 1. The molecule has 0 spiro atoms. The van der Waals surface area contributed by atoms with Crippen molar-refractivity contribution in [2.75, 3.05) is 5.73 Å². The van der Waals surface area contributed by atoms with Gasteiger partial charge in [0.15, 0.2) is 0 Å². The van der Waals surface area contributed by atoms with Crippen LogP contribution >= 0.6 is 11.3 Å². The van der Waals surface area contributed by atoms with Gasteiger partial charge in [-0.2, -0.15) is 0 Å². The summed E-state index contributed by atoms with van der Waals surface area (Å²) < 4.78 is 13.3. The van der Waals surface area contributed by atoms with Crippen molar-refractivity contribution in [1.29, 1.82) is 0 Å². The minimum Gasteiger partial charge on any atom is -0.396 e. The Morgan fingerprint density at radius 3 is 2.65 bits per heavy atom. The molecule has 0 aliphatic rings. The van der Waals surface area contributed by atoms with Crippen LogP contribution in [0.5, 0.6) is 0 Å². The number of hydrogen-bond acceptors (Lipinski definition) is 4. The molecule has 3 nitrogen and oxygen atoms in total. The number of hydrogen-bond donors (Lipinski definition) is 1. The topological polar surface area (TPSA) is 56.0 Å². The lowest BCUT2D eigenvalue weighted by atomic mass is 10.1. The molecule has 0 saturated heterocycles. The normalized spacial score (nSPS) is 10.5. The molecule has 0 fully saturated rings. The van der Waals surface area contributed by atoms with E-state index in [0.29, 0.717) is 16.1 Å². The summed E-state index contributed by atoms with van der Waals surface area (Å²) >= 11 is 1.31. The molecule has 2 rings (SSSR count). The van der Waals surface area contributed by atoms with Gasteiger partial charge in [-0.05, 0) is 32.0 Å². The standard InChI is InChI=1S/C12H11FN2OS/c1-6-12(17-7(2)15-6)11(16)8-3-4-10(14)9(13)5-8/h3-5H,14H2,1-2H3. The lowest BCUT2D eigenvalue weighted by Crippen LogP contribution is -2.02. The number of nitrogens with two attached hydrogens (primary N) is 1. The number of carbonyl (C=O) groups is 1. The van der Waals surface area contributed by atoms with Crippen molar-refractivity contribution in [3.05, 3.63) is 45.2 Å². The number of rotatable bonds is 2. The number of nitrogens with zero attached hydrogens (tertiary/aromatic N) is 1. The van der Waals surface area contributed by atoms with Crippen molar-refractivity contribution >= 4 is 22.8 Å². The summed E-state index contributed by atoms with van der Waals surface area (Å²) in [5.74, 6) is -0.790. The van der Waals surface area contributed by atoms with Crippen LogP contribution in [0.1, 0.15) is 25.9 Å². The number of aryl methyl sites for hydroxylation is 2. The van der Waals surface area contributed by atoms with Crippen molar-refractivity contribution in [2.24, 2.45) is 0 Å². The second kappa shape index (κ2) is 4.25. The zero-order chi connectivity index (χ0) is 12.6. The number of anilines is 1. The molecule has 0 aliphatic heterocycles. The maximum absolute atomic E-state index is 13.3. The average molecular weight is 250 g/mol. The number of aromatic nitrogens is 1. The Balaban J connectivity index is 2.44. The van der Waals surface area contributed by atoms with Gasteiger partial charge in [0.25, 0.3) is 0 Å². The van der Waals surface area contributed by atoms with Crippen LogP contribution in [0.4, 0.5) is 10.1 Å². The van der Waals surface area contributed by atoms with E-state index in [4.69, 9.17) is 5.73 Å². The van der Waals surface area contributed by atoms with E-state index in [1.807, 2.05) is 6.92 Å². The van der Waals surface area contributed by atoms with Crippen LogP contribution in [0, 0.1) is 19.7 Å². The molecule has 17 heavy (non-hydrogen) atoms. The van der Waals surface area contributed by atoms with Crippen molar-refractivity contribution < 1.29 is 9.18 Å². The van der Waals surface area contributed by atoms with Gasteiger partial charge >= 0.3 is 0 Å². The lowest BCUT2D eigenvalue weighted by molar-refractivity contribution is 0.104. The van der Waals surface area contributed by atoms with E-state index in [0.717, 1.165) is 11.1 Å². The molecule has 2 N–H and O–H groups in total. The lowest BCUT2D eigenvalue weighted by Gasteiger charge is -2.01. The van der Waals surface area contributed by atoms with Crippen LogP contribution < -0.4 is 5.73 Å². The fraction of sp³-hybridized carbons (Fsp3) is 0.167. The van der Waals surface area contributed by atoms with E-state index in [-0.39, 0.29) is 11.5 Å². The molecular formula is C12H11FN2OS. The Kier molecular flexibility index (Phi) is 2.93. The average Bonchev–Trinajstić information content (AvgIpc) is 2.61. The zero-order valence-electron chi connectivity index (χ0n) is 9.45. The predicted octanol–water partition coefficient (Wildman–Crippen LogP) is 2.71. The van der Waals surface area contributed by atoms with Crippen molar-refractivity contribution in [2.45, 2.75) is 13.8 Å². The monoisotopic (exact) mass is 250 g/mol. The fourth-order valence-electron chi connectivity index (χ4n) is 1.54. The molecule has 0 saturated carbocycles. The highest BCUT2D eigenvalue weighted by Crippen LogP contribution is 2.22. The Bertz CT molecular complexity index is 592. The first-order valence-corrected chi connectivity index (χ1v) is 5.84. The highest BCUT2D eigenvalue weighted by molar-refractivity contribution is 7.14. The summed E-state index contributed by atoms with van der Waals surface area (Å²) in [7, 11) is 0. The Morgan fingerprint density at radius 2 is 2.12 bits per heavy atom. The fourth-order valence-corrected chi connectivity index (χ4v) is 2.42. The quantitative estimate of drug-likeness (QED) is 0.658. The van der Waals surface area contributed by atoms with Crippen LogP contribution in [0.15, 0.2) is 18.2 Å². The van der Waals surface area contributed by atoms with Gasteiger partial charge in [0.2, 0.25) is 5.78 Å². The van der Waals surface area contributed by atoms with Gasteiger partial charge in [-0.3, -0.25) is 4.79 Å². The minimum atomic E-state index is -0.574. The van der Waals surface area contributed by atoms with Gasteiger partial charge in [-0.15, -0.1) is 11.3 Å². The van der Waals surface area contributed by atoms with E-state index in [1.165, 1.54) is 23.5 Å². The molecule has 5 heteroatoms. The molecule has 2 aromatic rings. The Morgan fingerprint density at radius 1 is 1.41 bits per heavy atom. The van der Waals surface area contributed by atoms with Gasteiger partial charge in [0.1, 0.15) is 5.82 Å². The molecule has 0 unspecified atom stereocenters. The van der Waals surface area contributed by atoms with Gasteiger partial charge in [0, 0.05) is 5.56 Å². The summed E-state index contributed by atoms with van der Waals surface area (Å²) in [6, 6.07) is 4.08. The molecule has 88 valence electrons. The molecule has 1 aromatic carbocycles. The Hall–Kier alpha value is -1.75. The SMILES string of the molecule is Cc1nc(C)c(C(=O)c2ccc(N)c(F)c2)s1. The van der Waals surface area contributed by atoms with E-state index < -0.39 is 5.82 Å². The van der Waals surface area contributed by atoms with Gasteiger partial charge in [-0.25, -0.2) is 9.37 Å². The molecule has 0 atom stereocenters. The number of halogens is 1.